The van der Waals surface area contributed by atoms with Gasteiger partial charge in [-0.05, 0) is 45.0 Å². The number of halogens is 1. The maximum atomic E-state index is 12.3. The van der Waals surface area contributed by atoms with E-state index in [1.807, 2.05) is 0 Å². The van der Waals surface area contributed by atoms with Gasteiger partial charge in [0.1, 0.15) is 5.82 Å². The van der Waals surface area contributed by atoms with Crippen LogP contribution in [0.4, 0.5) is 16.3 Å². The molecule has 0 aliphatic heterocycles. The van der Waals surface area contributed by atoms with Gasteiger partial charge in [0.25, 0.3) is 5.56 Å². The number of carbonyl (C=O) groups is 1. The number of nitrogens with zero attached hydrogens (tertiary/aromatic N) is 3. The molecule has 1 aromatic carbocycles. The zero-order valence-electron chi connectivity index (χ0n) is 14.4. The van der Waals surface area contributed by atoms with Gasteiger partial charge in [0.15, 0.2) is 0 Å². The van der Waals surface area contributed by atoms with Crippen molar-refractivity contribution in [3.05, 3.63) is 62.7 Å². The molecule has 3 rings (SSSR count). The normalized spacial score (nSPS) is 10.6. The summed E-state index contributed by atoms with van der Waals surface area (Å²) in [5, 5.41) is 10.3. The molecule has 9 heteroatoms. The minimum Gasteiger partial charge on any atom is -0.308 e. The van der Waals surface area contributed by atoms with Crippen LogP contribution in [0.3, 0.4) is 0 Å². The fourth-order valence-corrected chi connectivity index (χ4v) is 2.42. The average molecular weight is 373 g/mol. The monoisotopic (exact) mass is 372 g/mol. The maximum Gasteiger partial charge on any atom is 0.324 e. The van der Waals surface area contributed by atoms with Crippen molar-refractivity contribution in [2.75, 3.05) is 10.6 Å². The number of nitrogens with one attached hydrogen (secondary N) is 3. The lowest BCUT2D eigenvalue weighted by Crippen LogP contribution is -2.23. The van der Waals surface area contributed by atoms with Crippen molar-refractivity contribution in [1.82, 2.24) is 19.7 Å². The van der Waals surface area contributed by atoms with E-state index in [1.54, 1.807) is 51.1 Å². The molecule has 3 N–H and O–H groups in total. The SMILES string of the molecule is Cc1cc(NC(=O)Nc2ccc(Cl)cc2)n(-c2nc(C)c(C)c(=O)[nH]2)n1. The lowest BCUT2D eigenvalue weighted by atomic mass is 10.3. The van der Waals surface area contributed by atoms with Crippen LogP contribution in [0, 0.1) is 20.8 Å². The first-order chi connectivity index (χ1) is 12.3. The van der Waals surface area contributed by atoms with E-state index in [-0.39, 0.29) is 11.5 Å². The number of aromatic nitrogens is 4. The van der Waals surface area contributed by atoms with E-state index in [4.69, 9.17) is 11.6 Å². The summed E-state index contributed by atoms with van der Waals surface area (Å²) in [6.07, 6.45) is 0. The van der Waals surface area contributed by atoms with Crippen molar-refractivity contribution in [1.29, 1.82) is 0 Å². The zero-order chi connectivity index (χ0) is 18.8. The molecule has 0 fully saturated rings. The number of aromatic amines is 1. The van der Waals surface area contributed by atoms with Gasteiger partial charge in [-0.1, -0.05) is 11.6 Å². The van der Waals surface area contributed by atoms with E-state index >= 15 is 0 Å². The van der Waals surface area contributed by atoms with Crippen LogP contribution in [0.25, 0.3) is 5.95 Å². The van der Waals surface area contributed by atoms with Crippen molar-refractivity contribution in [3.63, 3.8) is 0 Å². The summed E-state index contributed by atoms with van der Waals surface area (Å²) in [7, 11) is 0. The second-order valence-corrected chi connectivity index (χ2v) is 6.21. The van der Waals surface area contributed by atoms with Gasteiger partial charge in [-0.15, -0.1) is 0 Å². The molecule has 2 aromatic heterocycles. The largest absolute Gasteiger partial charge is 0.324 e. The number of aryl methyl sites for hydroxylation is 2. The van der Waals surface area contributed by atoms with Crippen LogP contribution in [0.15, 0.2) is 35.1 Å². The molecule has 0 unspecified atom stereocenters. The summed E-state index contributed by atoms with van der Waals surface area (Å²) >= 11 is 5.83. The molecular formula is C17H17ClN6O2. The highest BCUT2D eigenvalue weighted by Gasteiger charge is 2.14. The molecule has 0 spiro atoms. The number of anilines is 2. The number of hydrogen-bond acceptors (Lipinski definition) is 4. The molecule has 26 heavy (non-hydrogen) atoms. The Labute approximate surface area is 154 Å². The fourth-order valence-electron chi connectivity index (χ4n) is 2.29. The standard InChI is InChI=1S/C17H17ClN6O2/c1-9-8-14(21-17(26)20-13-6-4-12(18)5-7-13)24(23-9)16-19-11(3)10(2)15(25)22-16/h4-8H,1-3H3,(H,19,22,25)(H2,20,21,26). The van der Waals surface area contributed by atoms with Crippen LogP contribution in [0.2, 0.25) is 5.02 Å². The summed E-state index contributed by atoms with van der Waals surface area (Å²) in [5.74, 6) is 0.605. The minimum absolute atomic E-state index is 0.230. The Balaban J connectivity index is 1.86. The van der Waals surface area contributed by atoms with Crippen molar-refractivity contribution >= 4 is 29.1 Å². The van der Waals surface area contributed by atoms with Gasteiger partial charge >= 0.3 is 6.03 Å². The number of benzene rings is 1. The highest BCUT2D eigenvalue weighted by atomic mass is 35.5. The Morgan fingerprint density at radius 1 is 1.15 bits per heavy atom. The second kappa shape index (κ2) is 7.01. The van der Waals surface area contributed by atoms with Crippen molar-refractivity contribution in [2.45, 2.75) is 20.8 Å². The third kappa shape index (κ3) is 3.75. The first-order valence-corrected chi connectivity index (χ1v) is 8.19. The number of urea groups is 1. The lowest BCUT2D eigenvalue weighted by molar-refractivity contribution is 0.262. The minimum atomic E-state index is -0.459. The highest BCUT2D eigenvalue weighted by molar-refractivity contribution is 6.30. The topological polar surface area (TPSA) is 105 Å². The van der Waals surface area contributed by atoms with E-state index in [1.165, 1.54) is 4.68 Å². The Hall–Kier alpha value is -3.13. The molecule has 0 saturated carbocycles. The summed E-state index contributed by atoms with van der Waals surface area (Å²) < 4.78 is 1.38. The van der Waals surface area contributed by atoms with Gasteiger partial charge in [-0.2, -0.15) is 9.78 Å². The van der Waals surface area contributed by atoms with E-state index in [9.17, 15) is 9.59 Å². The van der Waals surface area contributed by atoms with Crippen molar-refractivity contribution in [2.24, 2.45) is 0 Å². The second-order valence-electron chi connectivity index (χ2n) is 5.77. The van der Waals surface area contributed by atoms with Gasteiger partial charge < -0.3 is 5.32 Å². The smallest absolute Gasteiger partial charge is 0.308 e. The van der Waals surface area contributed by atoms with Crippen molar-refractivity contribution in [3.8, 4) is 5.95 Å². The highest BCUT2D eigenvalue weighted by Crippen LogP contribution is 2.16. The van der Waals surface area contributed by atoms with E-state index in [0.717, 1.165) is 0 Å². The van der Waals surface area contributed by atoms with Gasteiger partial charge in [0.05, 0.1) is 5.69 Å². The predicted octanol–water partition coefficient (Wildman–Crippen LogP) is 3.18. The van der Waals surface area contributed by atoms with Gasteiger partial charge in [0, 0.05) is 28.0 Å². The van der Waals surface area contributed by atoms with Crippen molar-refractivity contribution < 1.29 is 4.79 Å². The third-order valence-corrected chi connectivity index (χ3v) is 4.01. The maximum absolute atomic E-state index is 12.3. The molecule has 0 radical (unpaired) electrons. The number of H-pyrrole nitrogens is 1. The first kappa shape index (κ1) is 17.7. The summed E-state index contributed by atoms with van der Waals surface area (Å²) in [6, 6.07) is 7.95. The van der Waals surface area contributed by atoms with E-state index in [0.29, 0.717) is 33.5 Å². The number of carbonyl (C=O) groups excluding carboxylic acids is 1. The molecule has 8 nitrogen and oxygen atoms in total. The van der Waals surface area contributed by atoms with Gasteiger partial charge in [-0.25, -0.2) is 9.78 Å². The zero-order valence-corrected chi connectivity index (χ0v) is 15.2. The van der Waals surface area contributed by atoms with Gasteiger partial charge in [0.2, 0.25) is 5.95 Å². The molecule has 0 saturated heterocycles. The van der Waals surface area contributed by atoms with E-state index < -0.39 is 6.03 Å². The molecule has 0 atom stereocenters. The van der Waals surface area contributed by atoms with Crippen LogP contribution in [-0.4, -0.2) is 25.8 Å². The Bertz CT molecular complexity index is 1020. The van der Waals surface area contributed by atoms with E-state index in [2.05, 4.69) is 25.7 Å². The average Bonchev–Trinajstić information content (AvgIpc) is 2.94. The summed E-state index contributed by atoms with van der Waals surface area (Å²) in [6.45, 7) is 5.21. The van der Waals surface area contributed by atoms with Crippen LogP contribution < -0.4 is 16.2 Å². The van der Waals surface area contributed by atoms with Crippen LogP contribution in [0.1, 0.15) is 17.0 Å². The third-order valence-electron chi connectivity index (χ3n) is 3.76. The molecule has 0 bridgehead atoms. The fraction of sp³-hybridized carbons (Fsp3) is 0.176. The Morgan fingerprint density at radius 3 is 2.50 bits per heavy atom. The van der Waals surface area contributed by atoms with Crippen LogP contribution in [0.5, 0.6) is 0 Å². The van der Waals surface area contributed by atoms with Crippen LogP contribution in [-0.2, 0) is 0 Å². The van der Waals surface area contributed by atoms with Crippen LogP contribution >= 0.6 is 11.6 Å². The predicted molar refractivity (Wildman–Crippen MR) is 100 cm³/mol. The number of rotatable bonds is 3. The number of hydrogen-bond donors (Lipinski definition) is 3. The molecular weight excluding hydrogens is 356 g/mol. The molecule has 2 heterocycles. The summed E-state index contributed by atoms with van der Waals surface area (Å²) in [5.41, 5.74) is 2.12. The quantitative estimate of drug-likeness (QED) is 0.656. The molecule has 3 aromatic rings. The first-order valence-electron chi connectivity index (χ1n) is 7.81. The lowest BCUT2D eigenvalue weighted by Gasteiger charge is -2.10. The molecule has 0 aliphatic carbocycles. The Morgan fingerprint density at radius 2 is 1.85 bits per heavy atom. The van der Waals surface area contributed by atoms with Gasteiger partial charge in [-0.3, -0.25) is 15.1 Å². The molecule has 134 valence electrons. The summed E-state index contributed by atoms with van der Waals surface area (Å²) in [4.78, 5) is 31.3. The molecule has 2 amide bonds. The molecule has 0 aliphatic rings. The number of amides is 2. The Kier molecular flexibility index (Phi) is 4.77.